The number of rotatable bonds is 4. The molecule has 2 rings (SSSR count). The predicted octanol–water partition coefficient (Wildman–Crippen LogP) is 3.12. The predicted molar refractivity (Wildman–Crippen MR) is 61.2 cm³/mol. The Bertz CT molecular complexity index is 469. The molecule has 0 spiro atoms. The van der Waals surface area contributed by atoms with Crippen molar-refractivity contribution < 1.29 is 27.4 Å². The van der Waals surface area contributed by atoms with Crippen LogP contribution in [0.3, 0.4) is 0 Å². The number of hydrogen-bond acceptors (Lipinski definition) is 3. The standard InChI is InChI=1S/C13H13F3O3/c14-13(15,16)19-8-7-18-12-6-2-3-9-10(12)4-1-5-11(9)17/h2-3,6H,1,4-5,7-8H2. The summed E-state index contributed by atoms with van der Waals surface area (Å²) in [6.07, 6.45) is -2.69. The summed E-state index contributed by atoms with van der Waals surface area (Å²) in [5, 5.41) is 0. The number of carbonyl (C=O) groups excluding carboxylic acids is 1. The smallest absolute Gasteiger partial charge is 0.491 e. The molecule has 104 valence electrons. The van der Waals surface area contributed by atoms with Gasteiger partial charge in [0.05, 0.1) is 6.61 Å². The molecular weight excluding hydrogens is 261 g/mol. The fourth-order valence-electron chi connectivity index (χ4n) is 2.09. The maximum Gasteiger partial charge on any atom is 0.522 e. The van der Waals surface area contributed by atoms with Crippen molar-refractivity contribution in [3.05, 3.63) is 29.3 Å². The third-order valence-electron chi connectivity index (χ3n) is 2.87. The highest BCUT2D eigenvalue weighted by atomic mass is 19.4. The van der Waals surface area contributed by atoms with Gasteiger partial charge in [-0.15, -0.1) is 13.2 Å². The Morgan fingerprint density at radius 2 is 1.95 bits per heavy atom. The highest BCUT2D eigenvalue weighted by Crippen LogP contribution is 2.29. The van der Waals surface area contributed by atoms with Gasteiger partial charge in [0.1, 0.15) is 12.4 Å². The zero-order chi connectivity index (χ0) is 13.9. The minimum atomic E-state index is -4.64. The number of ether oxygens (including phenoxy) is 2. The maximum absolute atomic E-state index is 11.8. The Labute approximate surface area is 108 Å². The molecule has 6 heteroatoms. The molecule has 0 heterocycles. The zero-order valence-corrected chi connectivity index (χ0v) is 10.1. The molecule has 0 aliphatic heterocycles. The quantitative estimate of drug-likeness (QED) is 0.791. The van der Waals surface area contributed by atoms with Crippen molar-refractivity contribution in [1.82, 2.24) is 0 Å². The fraction of sp³-hybridized carbons (Fsp3) is 0.462. The Kier molecular flexibility index (Phi) is 4.09. The van der Waals surface area contributed by atoms with E-state index in [4.69, 9.17) is 4.74 Å². The second-order valence-corrected chi connectivity index (χ2v) is 4.20. The normalized spacial score (nSPS) is 15.2. The SMILES string of the molecule is O=C1CCCc2c(OCCOC(F)(F)F)cccc21. The van der Waals surface area contributed by atoms with Crippen LogP contribution in [0.1, 0.15) is 28.8 Å². The van der Waals surface area contributed by atoms with Crippen LogP contribution >= 0.6 is 0 Å². The van der Waals surface area contributed by atoms with Gasteiger partial charge in [-0.1, -0.05) is 12.1 Å². The van der Waals surface area contributed by atoms with Gasteiger partial charge >= 0.3 is 6.36 Å². The van der Waals surface area contributed by atoms with E-state index in [1.54, 1.807) is 18.2 Å². The minimum absolute atomic E-state index is 0.0539. The largest absolute Gasteiger partial charge is 0.522 e. The summed E-state index contributed by atoms with van der Waals surface area (Å²) in [6.45, 7) is -0.773. The Hall–Kier alpha value is -1.56. The summed E-state index contributed by atoms with van der Waals surface area (Å²) in [6, 6.07) is 5.04. The molecule has 1 aliphatic rings. The maximum atomic E-state index is 11.8. The van der Waals surface area contributed by atoms with Crippen LogP contribution in [-0.4, -0.2) is 25.4 Å². The number of ketones is 1. The highest BCUT2D eigenvalue weighted by Gasteiger charge is 2.28. The average Bonchev–Trinajstić information content (AvgIpc) is 2.34. The molecule has 0 fully saturated rings. The van der Waals surface area contributed by atoms with Crippen molar-refractivity contribution in [1.29, 1.82) is 0 Å². The van der Waals surface area contributed by atoms with Gasteiger partial charge in [0, 0.05) is 17.5 Å². The first-order valence-corrected chi connectivity index (χ1v) is 5.96. The summed E-state index contributed by atoms with van der Waals surface area (Å²) in [5.41, 5.74) is 1.39. The second kappa shape index (κ2) is 5.61. The van der Waals surface area contributed by atoms with Crippen LogP contribution in [0.25, 0.3) is 0 Å². The van der Waals surface area contributed by atoms with Crippen molar-refractivity contribution >= 4 is 5.78 Å². The number of fused-ring (bicyclic) bond motifs is 1. The van der Waals surface area contributed by atoms with Gasteiger partial charge in [-0.3, -0.25) is 9.53 Å². The summed E-state index contributed by atoms with van der Waals surface area (Å²) in [5.74, 6) is 0.523. The molecule has 19 heavy (non-hydrogen) atoms. The third kappa shape index (κ3) is 3.70. The number of alkyl halides is 3. The van der Waals surface area contributed by atoms with Crippen molar-refractivity contribution in [2.24, 2.45) is 0 Å². The summed E-state index contributed by atoms with van der Waals surface area (Å²) in [7, 11) is 0. The molecule has 0 saturated heterocycles. The van der Waals surface area contributed by atoms with Crippen LogP contribution in [-0.2, 0) is 11.2 Å². The van der Waals surface area contributed by atoms with Crippen LogP contribution in [0.4, 0.5) is 13.2 Å². The topological polar surface area (TPSA) is 35.5 Å². The first kappa shape index (κ1) is 13.9. The van der Waals surface area contributed by atoms with E-state index in [2.05, 4.69) is 4.74 Å². The molecule has 0 bridgehead atoms. The number of carbonyl (C=O) groups is 1. The lowest BCUT2D eigenvalue weighted by atomic mass is 9.90. The molecule has 0 N–H and O–H groups in total. The Balaban J connectivity index is 1.98. The van der Waals surface area contributed by atoms with E-state index in [0.29, 0.717) is 24.2 Å². The zero-order valence-electron chi connectivity index (χ0n) is 10.1. The number of benzene rings is 1. The lowest BCUT2D eigenvalue weighted by molar-refractivity contribution is -0.325. The van der Waals surface area contributed by atoms with E-state index < -0.39 is 13.0 Å². The third-order valence-corrected chi connectivity index (χ3v) is 2.87. The average molecular weight is 274 g/mol. The van der Waals surface area contributed by atoms with E-state index in [1.165, 1.54) is 0 Å². The van der Waals surface area contributed by atoms with Crippen molar-refractivity contribution in [3.8, 4) is 5.75 Å². The van der Waals surface area contributed by atoms with Crippen LogP contribution in [0.2, 0.25) is 0 Å². The molecule has 0 aromatic heterocycles. The van der Waals surface area contributed by atoms with Crippen LogP contribution in [0.5, 0.6) is 5.75 Å². The van der Waals surface area contributed by atoms with Gasteiger partial charge in [-0.05, 0) is 18.9 Å². The lowest BCUT2D eigenvalue weighted by Gasteiger charge is -2.18. The van der Waals surface area contributed by atoms with Crippen LogP contribution in [0, 0.1) is 0 Å². The van der Waals surface area contributed by atoms with E-state index >= 15 is 0 Å². The van der Waals surface area contributed by atoms with E-state index in [0.717, 1.165) is 12.0 Å². The molecule has 0 unspecified atom stereocenters. The molecule has 3 nitrogen and oxygen atoms in total. The van der Waals surface area contributed by atoms with Gasteiger partial charge in [0.2, 0.25) is 0 Å². The van der Waals surface area contributed by atoms with Gasteiger partial charge in [0.25, 0.3) is 0 Å². The monoisotopic (exact) mass is 274 g/mol. The molecule has 0 amide bonds. The van der Waals surface area contributed by atoms with Gasteiger partial charge in [0.15, 0.2) is 5.78 Å². The van der Waals surface area contributed by atoms with Crippen molar-refractivity contribution in [2.75, 3.05) is 13.2 Å². The molecule has 1 aliphatic carbocycles. The van der Waals surface area contributed by atoms with Crippen LogP contribution in [0.15, 0.2) is 18.2 Å². The van der Waals surface area contributed by atoms with Crippen LogP contribution < -0.4 is 4.74 Å². The molecular formula is C13H13F3O3. The van der Waals surface area contributed by atoms with Gasteiger partial charge < -0.3 is 4.74 Å². The molecule has 0 atom stereocenters. The first-order valence-electron chi connectivity index (χ1n) is 5.96. The number of hydrogen-bond donors (Lipinski definition) is 0. The lowest BCUT2D eigenvalue weighted by Crippen LogP contribution is -2.19. The molecule has 1 aromatic carbocycles. The fourth-order valence-corrected chi connectivity index (χ4v) is 2.09. The molecule has 1 aromatic rings. The second-order valence-electron chi connectivity index (χ2n) is 4.20. The molecule has 0 radical (unpaired) electrons. The number of Topliss-reactive ketones (excluding diaryl/α,β-unsaturated/α-hetero) is 1. The van der Waals surface area contributed by atoms with Gasteiger partial charge in [-0.2, -0.15) is 0 Å². The first-order chi connectivity index (χ1) is 8.97. The molecule has 0 saturated carbocycles. The summed E-state index contributed by atoms with van der Waals surface area (Å²) in [4.78, 5) is 11.7. The van der Waals surface area contributed by atoms with E-state index in [9.17, 15) is 18.0 Å². The van der Waals surface area contributed by atoms with Crippen molar-refractivity contribution in [2.45, 2.75) is 25.6 Å². The van der Waals surface area contributed by atoms with Gasteiger partial charge in [-0.25, -0.2) is 0 Å². The van der Waals surface area contributed by atoms with E-state index in [1.807, 2.05) is 0 Å². The Morgan fingerprint density at radius 3 is 2.68 bits per heavy atom. The minimum Gasteiger partial charge on any atom is -0.491 e. The Morgan fingerprint density at radius 1 is 1.16 bits per heavy atom. The van der Waals surface area contributed by atoms with Crippen molar-refractivity contribution in [3.63, 3.8) is 0 Å². The number of halogens is 3. The summed E-state index contributed by atoms with van der Waals surface area (Å²) < 4.78 is 44.2. The van der Waals surface area contributed by atoms with E-state index in [-0.39, 0.29) is 12.4 Å². The highest BCUT2D eigenvalue weighted by molar-refractivity contribution is 5.99. The summed E-state index contributed by atoms with van der Waals surface area (Å²) >= 11 is 0.